The summed E-state index contributed by atoms with van der Waals surface area (Å²) in [6, 6.07) is 14.0. The maximum absolute atomic E-state index is 13.0. The fourth-order valence-electron chi connectivity index (χ4n) is 2.21. The molecule has 3 aromatic rings. The van der Waals surface area contributed by atoms with Gasteiger partial charge in [-0.2, -0.15) is 5.10 Å². The van der Waals surface area contributed by atoms with Gasteiger partial charge in [-0.05, 0) is 42.3 Å². The third kappa shape index (κ3) is 4.89. The van der Waals surface area contributed by atoms with Crippen molar-refractivity contribution in [3.05, 3.63) is 65.3 Å². The lowest BCUT2D eigenvalue weighted by molar-refractivity contribution is 0.271. The average Bonchev–Trinajstić information content (AvgIpc) is 3.10. The molecule has 0 aliphatic heterocycles. The van der Waals surface area contributed by atoms with Crippen LogP contribution in [0.2, 0.25) is 0 Å². The number of ether oxygens (including phenoxy) is 1. The molecule has 1 heterocycles. The Kier molecular flexibility index (Phi) is 5.96. The quantitative estimate of drug-likeness (QED) is 0.446. The van der Waals surface area contributed by atoms with Crippen molar-refractivity contribution in [2.24, 2.45) is 11.0 Å². The topological polar surface area (TPSA) is 46.5 Å². The van der Waals surface area contributed by atoms with Crippen molar-refractivity contribution in [2.75, 3.05) is 12.0 Å². The lowest BCUT2D eigenvalue weighted by Gasteiger charge is -2.10. The molecule has 26 heavy (non-hydrogen) atoms. The summed E-state index contributed by atoms with van der Waals surface area (Å²) in [6.07, 6.45) is 1.72. The summed E-state index contributed by atoms with van der Waals surface area (Å²) in [4.78, 5) is 4.46. The molecule has 0 fully saturated rings. The van der Waals surface area contributed by atoms with Crippen LogP contribution in [-0.2, 0) is 0 Å². The Balaban J connectivity index is 1.65. The highest BCUT2D eigenvalue weighted by Crippen LogP contribution is 2.25. The van der Waals surface area contributed by atoms with Gasteiger partial charge in [-0.25, -0.2) is 9.37 Å². The van der Waals surface area contributed by atoms with Crippen molar-refractivity contribution < 1.29 is 9.13 Å². The first-order valence-electron chi connectivity index (χ1n) is 8.34. The maximum atomic E-state index is 13.0. The van der Waals surface area contributed by atoms with E-state index in [1.165, 1.54) is 23.5 Å². The van der Waals surface area contributed by atoms with Crippen molar-refractivity contribution in [1.82, 2.24) is 4.98 Å². The molecule has 0 aliphatic carbocycles. The van der Waals surface area contributed by atoms with Crippen LogP contribution in [0.1, 0.15) is 19.4 Å². The van der Waals surface area contributed by atoms with E-state index in [-0.39, 0.29) is 5.82 Å². The molecule has 4 nitrogen and oxygen atoms in total. The van der Waals surface area contributed by atoms with E-state index in [1.807, 2.05) is 29.6 Å². The van der Waals surface area contributed by atoms with Crippen molar-refractivity contribution in [3.63, 3.8) is 0 Å². The zero-order valence-electron chi connectivity index (χ0n) is 14.6. The number of anilines is 1. The lowest BCUT2D eigenvalue weighted by Crippen LogP contribution is -2.06. The number of hydrogen-bond donors (Lipinski definition) is 1. The molecule has 0 aliphatic rings. The molecular weight excluding hydrogens is 349 g/mol. The van der Waals surface area contributed by atoms with Gasteiger partial charge in [-0.3, -0.25) is 5.43 Å². The molecule has 0 saturated carbocycles. The molecule has 6 heteroatoms. The number of benzene rings is 2. The monoisotopic (exact) mass is 369 g/mol. The predicted octanol–water partition coefficient (Wildman–Crippen LogP) is 5.43. The Hall–Kier alpha value is -2.73. The molecule has 1 aromatic heterocycles. The summed E-state index contributed by atoms with van der Waals surface area (Å²) >= 11 is 1.44. The minimum atomic E-state index is -0.259. The van der Waals surface area contributed by atoms with Crippen molar-refractivity contribution in [1.29, 1.82) is 0 Å². The van der Waals surface area contributed by atoms with Gasteiger partial charge in [0.05, 0.1) is 18.5 Å². The van der Waals surface area contributed by atoms with E-state index in [0.29, 0.717) is 17.7 Å². The summed E-state index contributed by atoms with van der Waals surface area (Å²) in [5.41, 5.74) is 5.49. The third-order valence-electron chi connectivity index (χ3n) is 3.50. The number of thiazole rings is 1. The van der Waals surface area contributed by atoms with Gasteiger partial charge in [0.25, 0.3) is 0 Å². The Morgan fingerprint density at radius 3 is 2.73 bits per heavy atom. The first-order chi connectivity index (χ1) is 12.6. The van der Waals surface area contributed by atoms with E-state index in [1.54, 1.807) is 18.3 Å². The number of nitrogens with zero attached hydrogens (tertiary/aromatic N) is 2. The number of rotatable bonds is 7. The Morgan fingerprint density at radius 1 is 1.19 bits per heavy atom. The molecule has 0 saturated heterocycles. The van der Waals surface area contributed by atoms with Crippen LogP contribution in [0.25, 0.3) is 11.3 Å². The van der Waals surface area contributed by atoms with Crippen LogP contribution >= 0.6 is 11.3 Å². The molecule has 3 rings (SSSR count). The summed E-state index contributed by atoms with van der Waals surface area (Å²) in [7, 11) is 0. The number of halogens is 1. The van der Waals surface area contributed by atoms with Crippen LogP contribution in [0.5, 0.6) is 5.75 Å². The van der Waals surface area contributed by atoms with Crippen LogP contribution in [0, 0.1) is 11.7 Å². The highest BCUT2D eigenvalue weighted by molar-refractivity contribution is 7.14. The highest BCUT2D eigenvalue weighted by atomic mass is 32.1. The number of para-hydroxylation sites is 1. The molecule has 0 unspecified atom stereocenters. The number of nitrogens with one attached hydrogen (secondary N) is 1. The van der Waals surface area contributed by atoms with Crippen molar-refractivity contribution in [2.45, 2.75) is 13.8 Å². The largest absolute Gasteiger partial charge is 0.493 e. The van der Waals surface area contributed by atoms with Crippen LogP contribution < -0.4 is 10.2 Å². The zero-order valence-corrected chi connectivity index (χ0v) is 15.5. The third-order valence-corrected chi connectivity index (χ3v) is 4.25. The van der Waals surface area contributed by atoms with E-state index in [2.05, 4.69) is 29.4 Å². The summed E-state index contributed by atoms with van der Waals surface area (Å²) in [5, 5.41) is 6.83. The normalized spacial score (nSPS) is 11.2. The standard InChI is InChI=1S/C20H20FN3OS/c1-14(2)12-25-19-6-4-3-5-16(19)11-22-24-20-23-18(13-26-20)15-7-9-17(21)10-8-15/h3-11,13-14H,12H2,1-2H3,(H,23,24)/b22-11-. The molecule has 0 radical (unpaired) electrons. The van der Waals surface area contributed by atoms with E-state index < -0.39 is 0 Å². The Bertz CT molecular complexity index is 875. The fourth-order valence-corrected chi connectivity index (χ4v) is 2.88. The predicted molar refractivity (Wildman–Crippen MR) is 105 cm³/mol. The van der Waals surface area contributed by atoms with E-state index >= 15 is 0 Å². The van der Waals surface area contributed by atoms with Crippen LogP contribution in [0.4, 0.5) is 9.52 Å². The number of aromatic nitrogens is 1. The van der Waals surface area contributed by atoms with Gasteiger partial charge in [0, 0.05) is 16.5 Å². The Labute approximate surface area is 156 Å². The first-order valence-corrected chi connectivity index (χ1v) is 9.22. The van der Waals surface area contributed by atoms with Crippen LogP contribution in [-0.4, -0.2) is 17.8 Å². The fraction of sp³-hybridized carbons (Fsp3) is 0.200. The second-order valence-corrected chi connectivity index (χ2v) is 7.02. The molecule has 0 atom stereocenters. The van der Waals surface area contributed by atoms with Gasteiger partial charge in [-0.15, -0.1) is 11.3 Å². The molecule has 1 N–H and O–H groups in total. The van der Waals surface area contributed by atoms with Gasteiger partial charge in [-0.1, -0.05) is 26.0 Å². The number of hydrazone groups is 1. The second-order valence-electron chi connectivity index (χ2n) is 6.16. The summed E-state index contributed by atoms with van der Waals surface area (Å²) in [5.74, 6) is 1.00. The Morgan fingerprint density at radius 2 is 1.96 bits per heavy atom. The maximum Gasteiger partial charge on any atom is 0.203 e. The van der Waals surface area contributed by atoms with Gasteiger partial charge < -0.3 is 4.74 Å². The molecule has 0 amide bonds. The molecular formula is C20H20FN3OS. The zero-order chi connectivity index (χ0) is 18.4. The minimum Gasteiger partial charge on any atom is -0.493 e. The SMILES string of the molecule is CC(C)COc1ccccc1/C=N\Nc1nc(-c2ccc(F)cc2)cs1. The van der Waals surface area contributed by atoms with E-state index in [9.17, 15) is 4.39 Å². The highest BCUT2D eigenvalue weighted by Gasteiger charge is 2.05. The first kappa shape index (κ1) is 18.1. The molecule has 2 aromatic carbocycles. The van der Waals surface area contributed by atoms with Gasteiger partial charge >= 0.3 is 0 Å². The van der Waals surface area contributed by atoms with Crippen molar-refractivity contribution >= 4 is 22.7 Å². The summed E-state index contributed by atoms with van der Waals surface area (Å²) < 4.78 is 18.8. The van der Waals surface area contributed by atoms with Gasteiger partial charge in [0.2, 0.25) is 5.13 Å². The average molecular weight is 369 g/mol. The smallest absolute Gasteiger partial charge is 0.203 e. The second kappa shape index (κ2) is 8.58. The summed E-state index contributed by atoms with van der Waals surface area (Å²) in [6.45, 7) is 4.88. The van der Waals surface area contributed by atoms with Crippen LogP contribution in [0.15, 0.2) is 59.0 Å². The minimum absolute atomic E-state index is 0.259. The van der Waals surface area contributed by atoms with Crippen LogP contribution in [0.3, 0.4) is 0 Å². The molecule has 0 spiro atoms. The lowest BCUT2D eigenvalue weighted by atomic mass is 10.2. The van der Waals surface area contributed by atoms with E-state index in [0.717, 1.165) is 22.6 Å². The van der Waals surface area contributed by atoms with Crippen molar-refractivity contribution in [3.8, 4) is 17.0 Å². The molecule has 0 bridgehead atoms. The van der Waals surface area contributed by atoms with Gasteiger partial charge in [0.15, 0.2) is 0 Å². The van der Waals surface area contributed by atoms with Gasteiger partial charge in [0.1, 0.15) is 11.6 Å². The van der Waals surface area contributed by atoms with E-state index in [4.69, 9.17) is 4.74 Å². The number of hydrogen-bond acceptors (Lipinski definition) is 5. The molecule has 134 valence electrons.